The van der Waals surface area contributed by atoms with Crippen molar-refractivity contribution in [3.8, 4) is 0 Å². The molecule has 0 amide bonds. The monoisotopic (exact) mass is 188 g/mol. The van der Waals surface area contributed by atoms with Gasteiger partial charge in [0.25, 0.3) is 0 Å². The first kappa shape index (κ1) is 9.98. The Morgan fingerprint density at radius 2 is 1.85 bits per heavy atom. The molecule has 0 heterocycles. The lowest BCUT2D eigenvalue weighted by Gasteiger charge is -2.46. The van der Waals surface area contributed by atoms with Crippen LogP contribution in [0, 0.1) is 5.41 Å². The molecule has 0 spiro atoms. The van der Waals surface area contributed by atoms with E-state index in [1.165, 1.54) is 6.92 Å². The van der Waals surface area contributed by atoms with E-state index < -0.39 is 23.0 Å². The number of esters is 1. The summed E-state index contributed by atoms with van der Waals surface area (Å²) in [6.07, 6.45) is -0.163. The van der Waals surface area contributed by atoms with Gasteiger partial charge in [-0.2, -0.15) is 0 Å². The molecule has 0 aromatic rings. The van der Waals surface area contributed by atoms with Gasteiger partial charge in [0.15, 0.2) is 5.41 Å². The van der Waals surface area contributed by atoms with E-state index in [1.54, 1.807) is 0 Å². The summed E-state index contributed by atoms with van der Waals surface area (Å²) < 4.78 is 4.38. The molecular formula is C8H12O5. The normalized spacial score (nSPS) is 37.8. The van der Waals surface area contributed by atoms with Crippen LogP contribution < -0.4 is 0 Å². The molecule has 1 saturated carbocycles. The predicted molar refractivity (Wildman–Crippen MR) is 41.9 cm³/mol. The number of hydrogen-bond donors (Lipinski definition) is 2. The first-order valence-electron chi connectivity index (χ1n) is 3.88. The predicted octanol–water partition coefficient (Wildman–Crippen LogP) is -0.225. The SMILES string of the molecule is COC(=O)C1(C(=O)O)CC(C)(O)C1. The standard InChI is InChI=1S/C8H12O5/c1-7(12)3-8(4-7,5(9)10)6(11)13-2/h12H,3-4H2,1-2H3,(H,9,10). The zero-order chi connectivity index (χ0) is 10.3. The van der Waals surface area contributed by atoms with Crippen LogP contribution in [0.2, 0.25) is 0 Å². The minimum absolute atomic E-state index is 0.0813. The number of carboxylic acids is 1. The molecule has 0 bridgehead atoms. The van der Waals surface area contributed by atoms with Gasteiger partial charge in [0.2, 0.25) is 0 Å². The lowest BCUT2D eigenvalue weighted by molar-refractivity contribution is -0.195. The van der Waals surface area contributed by atoms with Crippen LogP contribution in [-0.4, -0.2) is 34.9 Å². The van der Waals surface area contributed by atoms with Crippen molar-refractivity contribution in [3.05, 3.63) is 0 Å². The Kier molecular flexibility index (Phi) is 2.07. The van der Waals surface area contributed by atoms with Gasteiger partial charge in [-0.15, -0.1) is 0 Å². The van der Waals surface area contributed by atoms with Crippen LogP contribution in [-0.2, 0) is 14.3 Å². The Hall–Kier alpha value is -1.10. The Bertz CT molecular complexity index is 247. The highest BCUT2D eigenvalue weighted by Crippen LogP contribution is 2.49. The van der Waals surface area contributed by atoms with Gasteiger partial charge in [0.1, 0.15) is 0 Å². The van der Waals surface area contributed by atoms with Crippen molar-refractivity contribution in [2.45, 2.75) is 25.4 Å². The molecular weight excluding hydrogens is 176 g/mol. The van der Waals surface area contributed by atoms with Crippen molar-refractivity contribution < 1.29 is 24.5 Å². The molecule has 0 saturated heterocycles. The third kappa shape index (κ3) is 1.39. The molecule has 13 heavy (non-hydrogen) atoms. The average Bonchev–Trinajstić information content (AvgIpc) is 1.97. The Morgan fingerprint density at radius 3 is 2.08 bits per heavy atom. The highest BCUT2D eigenvalue weighted by atomic mass is 16.5. The van der Waals surface area contributed by atoms with E-state index in [0.29, 0.717) is 0 Å². The second kappa shape index (κ2) is 2.70. The zero-order valence-electron chi connectivity index (χ0n) is 7.53. The maximum atomic E-state index is 11.1. The van der Waals surface area contributed by atoms with Crippen LogP contribution in [0.4, 0.5) is 0 Å². The molecule has 0 atom stereocenters. The summed E-state index contributed by atoms with van der Waals surface area (Å²) in [5.74, 6) is -2.02. The largest absolute Gasteiger partial charge is 0.480 e. The minimum Gasteiger partial charge on any atom is -0.480 e. The maximum absolute atomic E-state index is 11.1. The number of rotatable bonds is 2. The molecule has 1 fully saturated rings. The number of aliphatic carboxylic acids is 1. The smallest absolute Gasteiger partial charge is 0.323 e. The third-order valence-electron chi connectivity index (χ3n) is 2.35. The highest BCUT2D eigenvalue weighted by Gasteiger charge is 2.62. The van der Waals surface area contributed by atoms with Crippen molar-refractivity contribution in [2.24, 2.45) is 5.41 Å². The van der Waals surface area contributed by atoms with Crippen LogP contribution in [0.5, 0.6) is 0 Å². The first-order valence-corrected chi connectivity index (χ1v) is 3.88. The lowest BCUT2D eigenvalue weighted by Crippen LogP contribution is -2.58. The van der Waals surface area contributed by atoms with Crippen molar-refractivity contribution in [2.75, 3.05) is 7.11 Å². The summed E-state index contributed by atoms with van der Waals surface area (Å²) in [5, 5.41) is 18.2. The van der Waals surface area contributed by atoms with Gasteiger partial charge in [-0.25, -0.2) is 0 Å². The van der Waals surface area contributed by atoms with E-state index in [2.05, 4.69) is 4.74 Å². The van der Waals surface area contributed by atoms with Crippen LogP contribution in [0.15, 0.2) is 0 Å². The summed E-state index contributed by atoms with van der Waals surface area (Å²) in [6.45, 7) is 1.50. The second-order valence-corrected chi connectivity index (χ2v) is 3.73. The number of aliphatic hydroxyl groups is 1. The third-order valence-corrected chi connectivity index (χ3v) is 2.35. The molecule has 0 aliphatic heterocycles. The summed E-state index contributed by atoms with van der Waals surface area (Å²) in [6, 6.07) is 0. The summed E-state index contributed by atoms with van der Waals surface area (Å²) in [5.41, 5.74) is -2.59. The maximum Gasteiger partial charge on any atom is 0.323 e. The van der Waals surface area contributed by atoms with Gasteiger partial charge in [0, 0.05) is 12.8 Å². The Labute approximate surface area is 75.3 Å². The van der Waals surface area contributed by atoms with E-state index >= 15 is 0 Å². The molecule has 0 unspecified atom stereocenters. The number of carbonyl (C=O) groups is 2. The minimum atomic E-state index is -1.53. The van der Waals surface area contributed by atoms with Gasteiger partial charge in [-0.05, 0) is 6.92 Å². The average molecular weight is 188 g/mol. The molecule has 5 heteroatoms. The van der Waals surface area contributed by atoms with Crippen molar-refractivity contribution in [1.29, 1.82) is 0 Å². The summed E-state index contributed by atoms with van der Waals surface area (Å²) in [7, 11) is 1.14. The molecule has 5 nitrogen and oxygen atoms in total. The molecule has 0 radical (unpaired) electrons. The molecule has 0 aromatic heterocycles. The van der Waals surface area contributed by atoms with Crippen molar-refractivity contribution in [1.82, 2.24) is 0 Å². The number of carbonyl (C=O) groups excluding carboxylic acids is 1. The zero-order valence-corrected chi connectivity index (χ0v) is 7.53. The molecule has 74 valence electrons. The molecule has 2 N–H and O–H groups in total. The van der Waals surface area contributed by atoms with E-state index in [0.717, 1.165) is 7.11 Å². The van der Waals surface area contributed by atoms with Crippen LogP contribution in [0.3, 0.4) is 0 Å². The number of ether oxygens (including phenoxy) is 1. The summed E-state index contributed by atoms with van der Waals surface area (Å²) >= 11 is 0. The van der Waals surface area contributed by atoms with E-state index in [9.17, 15) is 14.7 Å². The van der Waals surface area contributed by atoms with E-state index in [1.807, 2.05) is 0 Å². The Balaban J connectivity index is 2.83. The van der Waals surface area contributed by atoms with Gasteiger partial charge in [-0.1, -0.05) is 0 Å². The molecule has 1 rings (SSSR count). The van der Waals surface area contributed by atoms with Crippen LogP contribution >= 0.6 is 0 Å². The van der Waals surface area contributed by atoms with Gasteiger partial charge < -0.3 is 14.9 Å². The number of methoxy groups -OCH3 is 1. The fourth-order valence-electron chi connectivity index (χ4n) is 1.83. The van der Waals surface area contributed by atoms with Crippen LogP contribution in [0.25, 0.3) is 0 Å². The fourth-order valence-corrected chi connectivity index (χ4v) is 1.83. The van der Waals surface area contributed by atoms with Gasteiger partial charge in [0.05, 0.1) is 12.7 Å². The number of hydrogen-bond acceptors (Lipinski definition) is 4. The lowest BCUT2D eigenvalue weighted by atomic mass is 9.60. The summed E-state index contributed by atoms with van der Waals surface area (Å²) in [4.78, 5) is 21.9. The quantitative estimate of drug-likeness (QED) is 0.462. The fraction of sp³-hybridized carbons (Fsp3) is 0.750. The van der Waals surface area contributed by atoms with Gasteiger partial charge in [-0.3, -0.25) is 9.59 Å². The topological polar surface area (TPSA) is 83.8 Å². The van der Waals surface area contributed by atoms with E-state index in [4.69, 9.17) is 5.11 Å². The first-order chi connectivity index (χ1) is 5.84. The van der Waals surface area contributed by atoms with Crippen LogP contribution in [0.1, 0.15) is 19.8 Å². The molecule has 1 aliphatic carbocycles. The van der Waals surface area contributed by atoms with E-state index in [-0.39, 0.29) is 12.8 Å². The number of carboxylic acid groups (broad SMARTS) is 1. The van der Waals surface area contributed by atoms with Gasteiger partial charge >= 0.3 is 11.9 Å². The second-order valence-electron chi connectivity index (χ2n) is 3.73. The Morgan fingerprint density at radius 1 is 1.38 bits per heavy atom. The molecule has 0 aromatic carbocycles. The highest BCUT2D eigenvalue weighted by molar-refractivity contribution is 6.00. The van der Waals surface area contributed by atoms with Crippen molar-refractivity contribution >= 4 is 11.9 Å². The van der Waals surface area contributed by atoms with Crippen molar-refractivity contribution in [3.63, 3.8) is 0 Å². The molecule has 1 aliphatic rings.